The smallest absolute Gasteiger partial charge is 0.240 e. The third-order valence-corrected chi connectivity index (χ3v) is 3.70. The molecule has 0 atom stereocenters. The van der Waals surface area contributed by atoms with Gasteiger partial charge in [-0.3, -0.25) is 9.59 Å². The number of rotatable bonds is 8. The van der Waals surface area contributed by atoms with Crippen molar-refractivity contribution in [2.24, 2.45) is 5.10 Å². The van der Waals surface area contributed by atoms with Crippen LogP contribution >= 0.6 is 0 Å². The molecule has 0 aliphatic heterocycles. The molecule has 0 heterocycles. The maximum absolute atomic E-state index is 11.9. The van der Waals surface area contributed by atoms with Gasteiger partial charge in [-0.15, -0.1) is 0 Å². The van der Waals surface area contributed by atoms with E-state index in [1.54, 1.807) is 43.3 Å². The Morgan fingerprint density at radius 3 is 2.26 bits per heavy atom. The van der Waals surface area contributed by atoms with Crippen LogP contribution in [-0.2, 0) is 9.59 Å². The van der Waals surface area contributed by atoms with E-state index in [4.69, 9.17) is 10.5 Å². The molecule has 4 N–H and O–H groups in total. The summed E-state index contributed by atoms with van der Waals surface area (Å²) in [5, 5.41) is 6.78. The SMILES string of the molecule is CCOc1ccc(NC(=O)CCC(=O)NN=C(C)c2ccc(N)cc2)cc1. The molecule has 0 saturated carbocycles. The van der Waals surface area contributed by atoms with E-state index in [1.165, 1.54) is 0 Å². The average Bonchev–Trinajstić information content (AvgIpc) is 2.67. The summed E-state index contributed by atoms with van der Waals surface area (Å²) in [5.41, 5.74) is 10.9. The summed E-state index contributed by atoms with van der Waals surface area (Å²) in [6.07, 6.45) is 0.108. The minimum absolute atomic E-state index is 0.0430. The van der Waals surface area contributed by atoms with Crippen LogP contribution in [0.5, 0.6) is 5.75 Å². The van der Waals surface area contributed by atoms with Gasteiger partial charge >= 0.3 is 0 Å². The van der Waals surface area contributed by atoms with Crippen LogP contribution in [0, 0.1) is 0 Å². The van der Waals surface area contributed by atoms with Gasteiger partial charge in [0.05, 0.1) is 12.3 Å². The van der Waals surface area contributed by atoms with Crippen LogP contribution < -0.4 is 21.2 Å². The minimum Gasteiger partial charge on any atom is -0.494 e. The Kier molecular flexibility index (Phi) is 7.37. The van der Waals surface area contributed by atoms with Crippen LogP contribution in [0.4, 0.5) is 11.4 Å². The van der Waals surface area contributed by atoms with Gasteiger partial charge in [-0.05, 0) is 55.8 Å². The zero-order valence-electron chi connectivity index (χ0n) is 15.5. The van der Waals surface area contributed by atoms with E-state index in [0.29, 0.717) is 23.7 Å². The van der Waals surface area contributed by atoms with Crippen LogP contribution in [-0.4, -0.2) is 24.1 Å². The molecule has 2 aromatic carbocycles. The van der Waals surface area contributed by atoms with Crippen molar-refractivity contribution in [3.63, 3.8) is 0 Å². The Hall–Kier alpha value is -3.35. The molecular formula is C20H24N4O3. The number of hydrogen-bond acceptors (Lipinski definition) is 5. The fourth-order valence-electron chi connectivity index (χ4n) is 2.24. The molecule has 0 unspecified atom stereocenters. The normalized spacial score (nSPS) is 11.0. The first-order valence-electron chi connectivity index (χ1n) is 8.69. The lowest BCUT2D eigenvalue weighted by Gasteiger charge is -2.07. The number of carbonyl (C=O) groups is 2. The van der Waals surface area contributed by atoms with Crippen LogP contribution in [0.2, 0.25) is 0 Å². The second-order valence-electron chi connectivity index (χ2n) is 5.86. The predicted molar refractivity (Wildman–Crippen MR) is 107 cm³/mol. The summed E-state index contributed by atoms with van der Waals surface area (Å²) >= 11 is 0. The first-order chi connectivity index (χ1) is 13.0. The standard InChI is InChI=1S/C20H24N4O3/c1-3-27-18-10-8-17(9-11-18)22-19(25)12-13-20(26)24-23-14(2)15-4-6-16(21)7-5-15/h4-11H,3,12-13,21H2,1-2H3,(H,22,25)(H,24,26). The van der Waals surface area contributed by atoms with Gasteiger partial charge in [0.1, 0.15) is 5.75 Å². The summed E-state index contributed by atoms with van der Waals surface area (Å²) in [4.78, 5) is 23.8. The molecule has 0 aliphatic carbocycles. The molecular weight excluding hydrogens is 344 g/mol. The third kappa shape index (κ3) is 6.81. The number of hydrazone groups is 1. The average molecular weight is 368 g/mol. The molecule has 0 spiro atoms. The summed E-state index contributed by atoms with van der Waals surface area (Å²) < 4.78 is 5.34. The highest BCUT2D eigenvalue weighted by Gasteiger charge is 2.07. The van der Waals surface area contributed by atoms with E-state index in [1.807, 2.05) is 19.1 Å². The molecule has 0 bridgehead atoms. The summed E-state index contributed by atoms with van der Waals surface area (Å²) in [7, 11) is 0. The van der Waals surface area contributed by atoms with Crippen LogP contribution in [0.3, 0.4) is 0 Å². The first kappa shape index (κ1) is 20.0. The largest absolute Gasteiger partial charge is 0.494 e. The Morgan fingerprint density at radius 1 is 1.00 bits per heavy atom. The van der Waals surface area contributed by atoms with Crippen molar-refractivity contribution in [3.8, 4) is 5.75 Å². The summed E-state index contributed by atoms with van der Waals surface area (Å²) in [6, 6.07) is 14.2. The number of nitrogens with two attached hydrogens (primary N) is 1. The molecule has 0 aliphatic rings. The highest BCUT2D eigenvalue weighted by molar-refractivity contribution is 5.99. The quantitative estimate of drug-likeness (QED) is 0.378. The first-order valence-corrected chi connectivity index (χ1v) is 8.69. The Morgan fingerprint density at radius 2 is 1.63 bits per heavy atom. The fourth-order valence-corrected chi connectivity index (χ4v) is 2.24. The van der Waals surface area contributed by atoms with Crippen LogP contribution in [0.1, 0.15) is 32.3 Å². The van der Waals surface area contributed by atoms with Crippen molar-refractivity contribution < 1.29 is 14.3 Å². The monoisotopic (exact) mass is 368 g/mol. The van der Waals surface area contributed by atoms with Gasteiger partial charge < -0.3 is 15.8 Å². The van der Waals surface area contributed by atoms with E-state index in [9.17, 15) is 9.59 Å². The number of hydrogen-bond donors (Lipinski definition) is 3. The zero-order chi connectivity index (χ0) is 19.6. The Balaban J connectivity index is 1.76. The van der Waals surface area contributed by atoms with Crippen molar-refractivity contribution >= 4 is 28.9 Å². The number of benzene rings is 2. The fraction of sp³-hybridized carbons (Fsp3) is 0.250. The van der Waals surface area contributed by atoms with E-state index in [-0.39, 0.29) is 24.7 Å². The molecule has 7 nitrogen and oxygen atoms in total. The molecule has 2 amide bonds. The molecule has 0 fully saturated rings. The lowest BCUT2D eigenvalue weighted by molar-refractivity contribution is -0.124. The molecule has 2 rings (SSSR count). The molecule has 142 valence electrons. The third-order valence-electron chi connectivity index (χ3n) is 3.70. The molecule has 0 radical (unpaired) electrons. The summed E-state index contributed by atoms with van der Waals surface area (Å²) in [6.45, 7) is 4.27. The lowest BCUT2D eigenvalue weighted by Crippen LogP contribution is -2.21. The van der Waals surface area contributed by atoms with Crippen molar-refractivity contribution in [2.45, 2.75) is 26.7 Å². The Labute approximate surface area is 158 Å². The number of nitrogens with one attached hydrogen (secondary N) is 2. The number of anilines is 2. The van der Waals surface area contributed by atoms with E-state index >= 15 is 0 Å². The number of nitrogen functional groups attached to an aromatic ring is 1. The highest BCUT2D eigenvalue weighted by atomic mass is 16.5. The van der Waals surface area contributed by atoms with Gasteiger partial charge in [-0.1, -0.05) is 12.1 Å². The van der Waals surface area contributed by atoms with Gasteiger partial charge in [0.2, 0.25) is 11.8 Å². The molecule has 27 heavy (non-hydrogen) atoms. The number of carbonyl (C=O) groups excluding carboxylic acids is 2. The second kappa shape index (κ2) is 9.96. The zero-order valence-corrected chi connectivity index (χ0v) is 15.5. The number of ether oxygens (including phenoxy) is 1. The van der Waals surface area contributed by atoms with Gasteiger partial charge in [0, 0.05) is 24.2 Å². The van der Waals surface area contributed by atoms with Gasteiger partial charge in [-0.2, -0.15) is 5.10 Å². The topological polar surface area (TPSA) is 106 Å². The van der Waals surface area contributed by atoms with Crippen molar-refractivity contribution in [3.05, 3.63) is 54.1 Å². The van der Waals surface area contributed by atoms with Crippen molar-refractivity contribution in [2.75, 3.05) is 17.7 Å². The Bertz CT molecular complexity index is 799. The maximum atomic E-state index is 11.9. The maximum Gasteiger partial charge on any atom is 0.240 e. The van der Waals surface area contributed by atoms with Crippen molar-refractivity contribution in [1.82, 2.24) is 5.43 Å². The van der Waals surface area contributed by atoms with Crippen LogP contribution in [0.25, 0.3) is 0 Å². The van der Waals surface area contributed by atoms with E-state index in [0.717, 1.165) is 11.3 Å². The lowest BCUT2D eigenvalue weighted by atomic mass is 10.1. The number of amides is 2. The van der Waals surface area contributed by atoms with Gasteiger partial charge in [-0.25, -0.2) is 5.43 Å². The van der Waals surface area contributed by atoms with Crippen LogP contribution in [0.15, 0.2) is 53.6 Å². The van der Waals surface area contributed by atoms with E-state index in [2.05, 4.69) is 15.8 Å². The summed E-state index contributed by atoms with van der Waals surface area (Å²) in [5.74, 6) is 0.171. The highest BCUT2D eigenvalue weighted by Crippen LogP contribution is 2.15. The predicted octanol–water partition coefficient (Wildman–Crippen LogP) is 2.93. The minimum atomic E-state index is -0.327. The molecule has 0 aromatic heterocycles. The molecule has 0 saturated heterocycles. The number of nitrogens with zero attached hydrogens (tertiary/aromatic N) is 1. The van der Waals surface area contributed by atoms with E-state index < -0.39 is 0 Å². The van der Waals surface area contributed by atoms with Gasteiger partial charge in [0.15, 0.2) is 0 Å². The molecule has 2 aromatic rings. The molecule has 7 heteroatoms. The van der Waals surface area contributed by atoms with Crippen molar-refractivity contribution in [1.29, 1.82) is 0 Å². The van der Waals surface area contributed by atoms with Gasteiger partial charge in [0.25, 0.3) is 0 Å². The second-order valence-corrected chi connectivity index (χ2v) is 5.86.